The number of hydrogen-bond donors (Lipinski definition) is 2. The van der Waals surface area contributed by atoms with E-state index in [1.165, 1.54) is 63.8 Å². The molecule has 1 rings (SSSR count). The normalized spacial score (nSPS) is 11.0. The molecule has 0 heterocycles. The van der Waals surface area contributed by atoms with Gasteiger partial charge in [-0.15, -0.1) is 0 Å². The van der Waals surface area contributed by atoms with Crippen molar-refractivity contribution in [1.29, 1.82) is 0 Å². The molecule has 0 saturated heterocycles. The zero-order valence-corrected chi connectivity index (χ0v) is 17.4. The topological polar surface area (TPSA) is 49.3 Å². The molecule has 3 nitrogen and oxygen atoms in total. The summed E-state index contributed by atoms with van der Waals surface area (Å²) in [5, 5.41) is 12.2. The molecule has 0 spiro atoms. The summed E-state index contributed by atoms with van der Waals surface area (Å²) in [6.45, 7) is 8.36. The number of unbranched alkanes of at least 4 members (excludes halogenated alkanes) is 8. The van der Waals surface area contributed by atoms with Gasteiger partial charge in [0.15, 0.2) is 0 Å². The zero-order chi connectivity index (χ0) is 18.5. The molecule has 0 bridgehead atoms. The number of nitrogens with one attached hydrogen (secondary N) is 1. The monoisotopic (exact) mass is 387 g/mol. The van der Waals surface area contributed by atoms with Gasteiger partial charge in [-0.2, -0.15) is 0 Å². The number of hydrogen-bond acceptors (Lipinski definition) is 2. The molecule has 0 amide bonds. The molecule has 0 atom stereocenters. The first kappa shape index (κ1) is 25.7. The minimum absolute atomic E-state index is 0. The standard InChI is InChI=1S/C21H37NO2Si.Na.H/c1-25(2,3)18-12-10-8-6-4-5-7-9-11-17-22-20-15-13-19(14-16-20)21(23)24;;/h13-16,22H,4-12,17-18H2,1-3H3,(H,23,24);;. The summed E-state index contributed by atoms with van der Waals surface area (Å²) in [6, 6.07) is 8.46. The Balaban J connectivity index is 0.00000625. The van der Waals surface area contributed by atoms with E-state index in [4.69, 9.17) is 5.11 Å². The predicted molar refractivity (Wildman–Crippen MR) is 119 cm³/mol. The number of aromatic carboxylic acids is 1. The molecule has 0 fully saturated rings. The van der Waals surface area contributed by atoms with Crippen LogP contribution in [0.5, 0.6) is 0 Å². The van der Waals surface area contributed by atoms with Gasteiger partial charge >= 0.3 is 35.5 Å². The van der Waals surface area contributed by atoms with Crippen molar-refractivity contribution in [3.05, 3.63) is 29.8 Å². The Hall–Kier alpha value is -0.293. The molecule has 0 saturated carbocycles. The second-order valence-electron chi connectivity index (χ2n) is 8.30. The van der Waals surface area contributed by atoms with Crippen molar-refractivity contribution in [2.45, 2.75) is 83.5 Å². The summed E-state index contributed by atoms with van der Waals surface area (Å²) in [5.41, 5.74) is 1.34. The summed E-state index contributed by atoms with van der Waals surface area (Å²) in [7, 11) is -0.816. The van der Waals surface area contributed by atoms with Gasteiger partial charge in [0, 0.05) is 20.3 Å². The number of carboxylic acids is 1. The van der Waals surface area contributed by atoms with Crippen LogP contribution < -0.4 is 5.32 Å². The van der Waals surface area contributed by atoms with E-state index in [9.17, 15) is 4.79 Å². The second kappa shape index (κ2) is 14.7. The van der Waals surface area contributed by atoms with Crippen LogP contribution in [-0.4, -0.2) is 55.3 Å². The fourth-order valence-corrected chi connectivity index (χ4v) is 4.29. The molecule has 0 aliphatic carbocycles. The molecule has 1 aromatic carbocycles. The summed E-state index contributed by atoms with van der Waals surface area (Å²) in [6.07, 6.45) is 12.2. The van der Waals surface area contributed by atoms with Crippen LogP contribution in [0.15, 0.2) is 24.3 Å². The minimum atomic E-state index is -0.873. The van der Waals surface area contributed by atoms with Crippen LogP contribution in [0.1, 0.15) is 68.1 Å². The first-order valence-electron chi connectivity index (χ1n) is 9.96. The predicted octanol–water partition coefficient (Wildman–Crippen LogP) is 6.00. The van der Waals surface area contributed by atoms with Crippen LogP contribution in [0.4, 0.5) is 5.69 Å². The molecule has 0 aliphatic heterocycles. The quantitative estimate of drug-likeness (QED) is 0.304. The number of benzene rings is 1. The van der Waals surface area contributed by atoms with Gasteiger partial charge in [0.05, 0.1) is 5.56 Å². The molecule has 0 unspecified atom stereocenters. The maximum atomic E-state index is 10.8. The molecular weight excluding hydrogens is 349 g/mol. The van der Waals surface area contributed by atoms with Gasteiger partial charge in [0.1, 0.15) is 0 Å². The summed E-state index contributed by atoms with van der Waals surface area (Å²) < 4.78 is 0. The van der Waals surface area contributed by atoms with Gasteiger partial charge in [-0.3, -0.25) is 0 Å². The number of carbonyl (C=O) groups is 1. The molecule has 2 N–H and O–H groups in total. The second-order valence-corrected chi connectivity index (χ2v) is 13.9. The number of rotatable bonds is 14. The van der Waals surface area contributed by atoms with Gasteiger partial charge in [-0.25, -0.2) is 4.79 Å². The third kappa shape index (κ3) is 13.9. The van der Waals surface area contributed by atoms with Crippen molar-refractivity contribution < 1.29 is 9.90 Å². The van der Waals surface area contributed by atoms with Crippen LogP contribution in [0.3, 0.4) is 0 Å². The SMILES string of the molecule is C[Si](C)(C)CCCCCCCCCCCNc1ccc(C(=O)O)cc1.[NaH]. The first-order valence-corrected chi connectivity index (χ1v) is 13.7. The molecular formula is C21H38NNaO2Si. The number of anilines is 1. The van der Waals surface area contributed by atoms with E-state index < -0.39 is 14.0 Å². The Labute approximate surface area is 183 Å². The van der Waals surface area contributed by atoms with Crippen molar-refractivity contribution in [2.75, 3.05) is 11.9 Å². The molecule has 0 aliphatic rings. The fourth-order valence-electron chi connectivity index (χ4n) is 2.98. The molecule has 0 radical (unpaired) electrons. The Kier molecular flexibility index (Phi) is 14.6. The summed E-state index contributed by atoms with van der Waals surface area (Å²) in [5.74, 6) is -0.873. The first-order chi connectivity index (χ1) is 11.9. The van der Waals surface area contributed by atoms with Crippen LogP contribution >= 0.6 is 0 Å². The van der Waals surface area contributed by atoms with E-state index in [-0.39, 0.29) is 29.6 Å². The van der Waals surface area contributed by atoms with Gasteiger partial charge in [-0.1, -0.05) is 77.1 Å². The van der Waals surface area contributed by atoms with Crippen molar-refractivity contribution >= 4 is 49.3 Å². The van der Waals surface area contributed by atoms with Gasteiger partial charge in [-0.05, 0) is 30.7 Å². The van der Waals surface area contributed by atoms with E-state index in [1.54, 1.807) is 12.1 Å². The van der Waals surface area contributed by atoms with E-state index in [0.29, 0.717) is 5.56 Å². The van der Waals surface area contributed by atoms with E-state index in [2.05, 4.69) is 25.0 Å². The van der Waals surface area contributed by atoms with Crippen LogP contribution in [0.25, 0.3) is 0 Å². The van der Waals surface area contributed by atoms with Gasteiger partial charge in [0.25, 0.3) is 0 Å². The molecule has 26 heavy (non-hydrogen) atoms. The fraction of sp³-hybridized carbons (Fsp3) is 0.667. The van der Waals surface area contributed by atoms with Crippen molar-refractivity contribution in [1.82, 2.24) is 0 Å². The van der Waals surface area contributed by atoms with Crippen LogP contribution in [-0.2, 0) is 0 Å². The molecule has 144 valence electrons. The molecule has 0 aromatic heterocycles. The van der Waals surface area contributed by atoms with E-state index in [1.807, 2.05) is 12.1 Å². The van der Waals surface area contributed by atoms with Crippen molar-refractivity contribution in [3.8, 4) is 0 Å². The van der Waals surface area contributed by atoms with Crippen molar-refractivity contribution in [2.24, 2.45) is 0 Å². The average Bonchev–Trinajstić information content (AvgIpc) is 2.55. The van der Waals surface area contributed by atoms with Crippen LogP contribution in [0, 0.1) is 0 Å². The Morgan fingerprint density at radius 2 is 1.31 bits per heavy atom. The Morgan fingerprint density at radius 3 is 1.77 bits per heavy atom. The van der Waals surface area contributed by atoms with Crippen molar-refractivity contribution in [3.63, 3.8) is 0 Å². The Morgan fingerprint density at radius 1 is 0.846 bits per heavy atom. The summed E-state index contributed by atoms with van der Waals surface area (Å²) in [4.78, 5) is 10.8. The zero-order valence-electron chi connectivity index (χ0n) is 16.4. The molecule has 5 heteroatoms. The summed E-state index contributed by atoms with van der Waals surface area (Å²) >= 11 is 0. The van der Waals surface area contributed by atoms with Gasteiger partial charge in [0.2, 0.25) is 0 Å². The molecule has 1 aromatic rings. The van der Waals surface area contributed by atoms with E-state index >= 15 is 0 Å². The van der Waals surface area contributed by atoms with Gasteiger partial charge < -0.3 is 10.4 Å². The Bertz CT molecular complexity index is 486. The third-order valence-electron chi connectivity index (χ3n) is 4.56. The van der Waals surface area contributed by atoms with E-state index in [0.717, 1.165) is 12.2 Å². The number of carboxylic acid groups (broad SMARTS) is 1. The maximum absolute atomic E-state index is 10.8. The third-order valence-corrected chi connectivity index (χ3v) is 6.42. The van der Waals surface area contributed by atoms with Crippen LogP contribution in [0.2, 0.25) is 25.7 Å². The average molecular weight is 388 g/mol.